The predicted molar refractivity (Wildman–Crippen MR) is 144 cm³/mol. The molecule has 1 aromatic rings. The number of nitrogens with zero attached hydrogens (tertiary/aromatic N) is 2. The zero-order valence-electron chi connectivity index (χ0n) is 23.0. The molecule has 0 aromatic carbocycles. The summed E-state index contributed by atoms with van der Waals surface area (Å²) in [5.74, 6) is 2.18. The van der Waals surface area contributed by atoms with Crippen LogP contribution in [-0.2, 0) is 0 Å². The van der Waals surface area contributed by atoms with Crippen LogP contribution in [0.1, 0.15) is 102 Å². The van der Waals surface area contributed by atoms with E-state index < -0.39 is 5.97 Å². The Morgan fingerprint density at radius 2 is 1.73 bits per heavy atom. The van der Waals surface area contributed by atoms with Crippen LogP contribution in [0.3, 0.4) is 0 Å². The van der Waals surface area contributed by atoms with Gasteiger partial charge < -0.3 is 15.3 Å². The Kier molecular flexibility index (Phi) is 7.29. The van der Waals surface area contributed by atoms with E-state index in [1.54, 1.807) is 12.4 Å². The van der Waals surface area contributed by atoms with Crippen LogP contribution < -0.4 is 0 Å². The average Bonchev–Trinajstić information content (AvgIpc) is 3.23. The lowest BCUT2D eigenvalue weighted by atomic mass is 9.41. The molecular formula is C31H46N2O4. The van der Waals surface area contributed by atoms with Crippen LogP contribution >= 0.6 is 0 Å². The third kappa shape index (κ3) is 4.46. The zero-order chi connectivity index (χ0) is 26.5. The van der Waals surface area contributed by atoms with Crippen molar-refractivity contribution in [1.29, 1.82) is 0 Å². The number of aromatic nitrogens is 2. The molecule has 4 aliphatic rings. The number of aliphatic hydroxyl groups excluding tert-OH is 2. The zero-order valence-corrected chi connectivity index (χ0v) is 23.0. The number of aromatic carboxylic acids is 1. The van der Waals surface area contributed by atoms with Crippen LogP contribution in [0.4, 0.5) is 0 Å². The summed E-state index contributed by atoms with van der Waals surface area (Å²) >= 11 is 0. The molecule has 0 spiro atoms. The summed E-state index contributed by atoms with van der Waals surface area (Å²) in [6.45, 7) is 9.65. The summed E-state index contributed by atoms with van der Waals surface area (Å²) in [4.78, 5) is 18.8. The topological polar surface area (TPSA) is 104 Å². The molecule has 0 amide bonds. The maximum absolute atomic E-state index is 11.9. The minimum absolute atomic E-state index is 0.175. The van der Waals surface area contributed by atoms with Gasteiger partial charge in [-0.05, 0) is 104 Å². The van der Waals surface area contributed by atoms with Crippen LogP contribution in [0.5, 0.6) is 0 Å². The molecule has 3 N–H and O–H groups in total. The number of rotatable bonds is 6. The lowest BCUT2D eigenvalue weighted by Crippen LogP contribution is -2.62. The second-order valence-electron chi connectivity index (χ2n) is 13.4. The van der Waals surface area contributed by atoms with Gasteiger partial charge >= 0.3 is 5.97 Å². The molecule has 4 saturated carbocycles. The van der Waals surface area contributed by atoms with Crippen LogP contribution in [0.2, 0.25) is 0 Å². The summed E-state index contributed by atoms with van der Waals surface area (Å²) in [6.07, 6.45) is 16.7. The second-order valence-corrected chi connectivity index (χ2v) is 13.4. The van der Waals surface area contributed by atoms with Gasteiger partial charge in [-0.2, -0.15) is 0 Å². The van der Waals surface area contributed by atoms with E-state index in [1.807, 2.05) is 6.08 Å². The van der Waals surface area contributed by atoms with Gasteiger partial charge in [0.15, 0.2) is 0 Å². The van der Waals surface area contributed by atoms with Crippen LogP contribution in [0.15, 0.2) is 18.5 Å². The Morgan fingerprint density at radius 1 is 1.05 bits per heavy atom. The fourth-order valence-corrected chi connectivity index (χ4v) is 10.1. The molecule has 6 heteroatoms. The molecule has 4 fully saturated rings. The van der Waals surface area contributed by atoms with E-state index in [-0.39, 0.29) is 28.9 Å². The van der Waals surface area contributed by atoms with Crippen molar-refractivity contribution in [3.63, 3.8) is 0 Å². The normalized spacial score (nSPS) is 44.2. The predicted octanol–water partition coefficient (Wildman–Crippen LogP) is 5.84. The molecule has 11 atom stereocenters. The molecule has 6 nitrogen and oxygen atoms in total. The second kappa shape index (κ2) is 10.1. The van der Waals surface area contributed by atoms with Crippen LogP contribution in [0, 0.1) is 52.3 Å². The fraction of sp³-hybridized carbons (Fsp3) is 0.774. The number of allylic oxidation sites excluding steroid dienone is 1. The highest BCUT2D eigenvalue weighted by Crippen LogP contribution is 2.69. The van der Waals surface area contributed by atoms with Gasteiger partial charge in [0, 0.05) is 18.0 Å². The average molecular weight is 511 g/mol. The van der Waals surface area contributed by atoms with E-state index in [9.17, 15) is 15.0 Å². The van der Waals surface area contributed by atoms with Crippen LogP contribution in [0.25, 0.3) is 6.08 Å². The molecule has 4 unspecified atom stereocenters. The standard InChI is InChI=1S/C31H46N2O4/c1-5-21-25-15-20(34)11-13-31(25,4)24-12-14-30(3)22(9-10-23(30)26(24)27(21)35)18(2)7-6-8-19-16-32-28(29(36)37)33-17-19/h6,8,16-18,20-27,34-35H,5,7,9-15H2,1-4H3,(H,36,37)/b8-6+/t18-,20-,21-,22-,23?,24?,25+,26?,27?,30-,31-/m1/s1. The smallest absolute Gasteiger partial charge is 0.373 e. The Bertz CT molecular complexity index is 1010. The third-order valence-corrected chi connectivity index (χ3v) is 11.8. The van der Waals surface area contributed by atoms with Crippen molar-refractivity contribution in [3.05, 3.63) is 29.9 Å². The first-order valence-corrected chi connectivity index (χ1v) is 14.7. The molecule has 204 valence electrons. The largest absolute Gasteiger partial charge is 0.475 e. The van der Waals surface area contributed by atoms with Gasteiger partial charge in [0.2, 0.25) is 5.82 Å². The quantitative estimate of drug-likeness (QED) is 0.444. The summed E-state index contributed by atoms with van der Waals surface area (Å²) in [5, 5.41) is 31.4. The molecule has 0 bridgehead atoms. The van der Waals surface area contributed by atoms with E-state index in [0.717, 1.165) is 37.7 Å². The highest BCUT2D eigenvalue weighted by atomic mass is 16.4. The highest BCUT2D eigenvalue weighted by Gasteiger charge is 2.64. The van der Waals surface area contributed by atoms with Crippen molar-refractivity contribution in [2.75, 3.05) is 0 Å². The van der Waals surface area contributed by atoms with E-state index in [2.05, 4.69) is 43.7 Å². The van der Waals surface area contributed by atoms with E-state index in [0.29, 0.717) is 41.4 Å². The van der Waals surface area contributed by atoms with Crippen LogP contribution in [-0.4, -0.2) is 43.5 Å². The Labute approximate surface area is 222 Å². The molecule has 1 aromatic heterocycles. The Morgan fingerprint density at radius 3 is 2.41 bits per heavy atom. The Hall–Kier alpha value is -1.79. The number of carboxylic acid groups (broad SMARTS) is 1. The highest BCUT2D eigenvalue weighted by molar-refractivity contribution is 5.83. The summed E-state index contributed by atoms with van der Waals surface area (Å²) in [5.41, 5.74) is 1.33. The summed E-state index contributed by atoms with van der Waals surface area (Å²) in [7, 11) is 0. The number of hydrogen-bond donors (Lipinski definition) is 3. The van der Waals surface area contributed by atoms with Gasteiger partial charge in [0.1, 0.15) is 0 Å². The molecule has 0 aliphatic heterocycles. The molecule has 1 heterocycles. The maximum atomic E-state index is 11.9. The van der Waals surface area contributed by atoms with Crippen molar-refractivity contribution in [1.82, 2.24) is 9.97 Å². The van der Waals surface area contributed by atoms with Crippen molar-refractivity contribution < 1.29 is 20.1 Å². The SMILES string of the molecule is CC[C@H]1C(O)C2C3CC[C@H]([C@H](C)C/C=C/c4cnc(C(=O)O)nc4)[C@@]3(C)CCC2[C@@]2(C)CC[C@@H](O)C[C@@H]12. The molecule has 0 radical (unpaired) electrons. The van der Waals surface area contributed by atoms with E-state index >= 15 is 0 Å². The minimum atomic E-state index is -1.11. The first-order valence-electron chi connectivity index (χ1n) is 14.7. The van der Waals surface area contributed by atoms with Crippen molar-refractivity contribution in [2.45, 2.75) is 97.7 Å². The first-order chi connectivity index (χ1) is 17.6. The van der Waals surface area contributed by atoms with Crippen molar-refractivity contribution >= 4 is 12.0 Å². The fourth-order valence-electron chi connectivity index (χ4n) is 10.1. The molecule has 4 aliphatic carbocycles. The lowest BCUT2D eigenvalue weighted by molar-refractivity contribution is -0.203. The third-order valence-electron chi connectivity index (χ3n) is 11.8. The van der Waals surface area contributed by atoms with Gasteiger partial charge in [-0.15, -0.1) is 0 Å². The number of aliphatic hydroxyl groups is 2. The number of fused-ring (bicyclic) bond motifs is 5. The van der Waals surface area contributed by atoms with Gasteiger partial charge in [-0.3, -0.25) is 0 Å². The first kappa shape index (κ1) is 26.8. The number of carboxylic acids is 1. The maximum Gasteiger partial charge on any atom is 0.373 e. The number of hydrogen-bond acceptors (Lipinski definition) is 5. The molecule has 37 heavy (non-hydrogen) atoms. The molecule has 0 saturated heterocycles. The minimum Gasteiger partial charge on any atom is -0.475 e. The molecule has 5 rings (SSSR count). The monoisotopic (exact) mass is 510 g/mol. The van der Waals surface area contributed by atoms with Gasteiger partial charge in [-0.25, -0.2) is 14.8 Å². The van der Waals surface area contributed by atoms with Gasteiger partial charge in [0.25, 0.3) is 0 Å². The summed E-state index contributed by atoms with van der Waals surface area (Å²) < 4.78 is 0. The van der Waals surface area contributed by atoms with Gasteiger partial charge in [0.05, 0.1) is 12.2 Å². The lowest BCUT2D eigenvalue weighted by Gasteiger charge is -2.64. The van der Waals surface area contributed by atoms with E-state index in [4.69, 9.17) is 5.11 Å². The van der Waals surface area contributed by atoms with Crippen molar-refractivity contribution in [2.24, 2.45) is 52.3 Å². The van der Waals surface area contributed by atoms with Gasteiger partial charge in [-0.1, -0.05) is 46.3 Å². The number of carbonyl (C=O) groups is 1. The van der Waals surface area contributed by atoms with E-state index in [1.165, 1.54) is 25.7 Å². The molecular weight excluding hydrogens is 464 g/mol. The Balaban J connectivity index is 1.31. The summed E-state index contributed by atoms with van der Waals surface area (Å²) in [6, 6.07) is 0. The van der Waals surface area contributed by atoms with Crippen molar-refractivity contribution in [3.8, 4) is 0 Å².